The first-order valence-corrected chi connectivity index (χ1v) is 10.2. The first-order chi connectivity index (χ1) is 15.6. The second-order valence-electron chi connectivity index (χ2n) is 7.31. The lowest BCUT2D eigenvalue weighted by atomic mass is 10.1. The molecule has 1 heterocycles. The second kappa shape index (κ2) is 9.14. The molecule has 1 aromatic heterocycles. The van der Waals surface area contributed by atoms with Crippen LogP contribution in [0.1, 0.15) is 27.0 Å². The average molecular weight is 422 g/mol. The topological polar surface area (TPSA) is 103 Å². The van der Waals surface area contributed by atoms with E-state index in [4.69, 9.17) is 5.26 Å². The zero-order valence-corrected chi connectivity index (χ0v) is 17.8. The highest BCUT2D eigenvalue weighted by Crippen LogP contribution is 2.25. The predicted molar refractivity (Wildman–Crippen MR) is 127 cm³/mol. The molecule has 0 atom stereocenters. The molecule has 0 spiro atoms. The van der Waals surface area contributed by atoms with Crippen LogP contribution < -0.4 is 16.0 Å². The highest BCUT2D eigenvalue weighted by Gasteiger charge is 2.09. The van der Waals surface area contributed by atoms with E-state index in [0.29, 0.717) is 29.3 Å². The fourth-order valence-electron chi connectivity index (χ4n) is 3.33. The summed E-state index contributed by atoms with van der Waals surface area (Å²) in [7, 11) is 1.80. The van der Waals surface area contributed by atoms with E-state index >= 15 is 0 Å². The molecule has 32 heavy (non-hydrogen) atoms. The molecule has 0 radical (unpaired) electrons. The van der Waals surface area contributed by atoms with Crippen molar-refractivity contribution in [2.45, 2.75) is 13.5 Å². The molecule has 0 aliphatic carbocycles. The lowest BCUT2D eigenvalue weighted by molar-refractivity contribution is 0.102. The quantitative estimate of drug-likeness (QED) is 0.416. The van der Waals surface area contributed by atoms with Crippen molar-refractivity contribution in [2.75, 3.05) is 23.0 Å². The van der Waals surface area contributed by atoms with Crippen LogP contribution in [0.15, 0.2) is 66.7 Å². The van der Waals surface area contributed by atoms with Gasteiger partial charge in [-0.1, -0.05) is 24.3 Å². The summed E-state index contributed by atoms with van der Waals surface area (Å²) in [5, 5.41) is 19.1. The number of nitriles is 1. The predicted octanol–water partition coefficient (Wildman–Crippen LogP) is 4.72. The number of amides is 1. The van der Waals surface area contributed by atoms with Crippen molar-refractivity contribution in [2.24, 2.45) is 0 Å². The van der Waals surface area contributed by atoms with Crippen LogP contribution in [0.25, 0.3) is 10.9 Å². The molecule has 4 aromatic rings. The molecule has 3 N–H and O–H groups in total. The molecular formula is C25H22N6O. The van der Waals surface area contributed by atoms with Gasteiger partial charge in [-0.25, -0.2) is 4.98 Å². The van der Waals surface area contributed by atoms with E-state index in [1.54, 1.807) is 31.3 Å². The number of nitrogens with one attached hydrogen (secondary N) is 3. The summed E-state index contributed by atoms with van der Waals surface area (Å²) in [6, 6.07) is 22.2. The van der Waals surface area contributed by atoms with Crippen molar-refractivity contribution < 1.29 is 4.79 Å². The normalized spacial score (nSPS) is 10.4. The van der Waals surface area contributed by atoms with Gasteiger partial charge in [0, 0.05) is 30.2 Å². The number of hydrogen-bond acceptors (Lipinski definition) is 6. The number of benzene rings is 3. The van der Waals surface area contributed by atoms with Crippen LogP contribution in [0.3, 0.4) is 0 Å². The van der Waals surface area contributed by atoms with Crippen molar-refractivity contribution in [1.82, 2.24) is 9.97 Å². The van der Waals surface area contributed by atoms with Crippen LogP contribution in [-0.4, -0.2) is 22.9 Å². The van der Waals surface area contributed by atoms with Crippen LogP contribution in [0, 0.1) is 18.3 Å². The first kappa shape index (κ1) is 20.8. The number of fused-ring (bicyclic) bond motifs is 1. The molecule has 7 nitrogen and oxygen atoms in total. The molecule has 0 aliphatic heterocycles. The molecule has 7 heteroatoms. The standard InChI is InChI=1S/C25H22N6O/c1-16-4-3-5-21-22(16)30-25(27-2)31-23(21)28-15-18-8-12-20(13-9-18)29-24(32)19-10-6-17(14-26)7-11-19/h3-13H,15H2,1-2H3,(H,29,32)(H2,27,28,30,31). The van der Waals surface area contributed by atoms with E-state index in [1.807, 2.05) is 55.5 Å². The summed E-state index contributed by atoms with van der Waals surface area (Å²) >= 11 is 0. The summed E-state index contributed by atoms with van der Waals surface area (Å²) in [5.74, 6) is 1.11. The summed E-state index contributed by atoms with van der Waals surface area (Å²) in [6.07, 6.45) is 0. The van der Waals surface area contributed by atoms with Gasteiger partial charge in [-0.2, -0.15) is 10.2 Å². The molecule has 0 aliphatic rings. The zero-order valence-electron chi connectivity index (χ0n) is 17.8. The average Bonchev–Trinajstić information content (AvgIpc) is 2.83. The van der Waals surface area contributed by atoms with Crippen molar-refractivity contribution in [3.8, 4) is 6.07 Å². The van der Waals surface area contributed by atoms with Gasteiger partial charge in [-0.05, 0) is 60.5 Å². The minimum absolute atomic E-state index is 0.220. The Labute approximate surface area is 186 Å². The minimum atomic E-state index is -0.220. The summed E-state index contributed by atoms with van der Waals surface area (Å²) < 4.78 is 0. The van der Waals surface area contributed by atoms with E-state index in [1.165, 1.54) is 0 Å². The Bertz CT molecular complexity index is 1310. The van der Waals surface area contributed by atoms with Crippen molar-refractivity contribution in [1.29, 1.82) is 5.26 Å². The third kappa shape index (κ3) is 4.50. The molecule has 0 unspecified atom stereocenters. The number of nitrogens with zero attached hydrogens (tertiary/aromatic N) is 3. The van der Waals surface area contributed by atoms with Crippen molar-refractivity contribution in [3.63, 3.8) is 0 Å². The Hall–Kier alpha value is -4.44. The lowest BCUT2D eigenvalue weighted by Gasteiger charge is -2.12. The fourth-order valence-corrected chi connectivity index (χ4v) is 3.33. The van der Waals surface area contributed by atoms with Crippen LogP contribution in [0.4, 0.5) is 17.5 Å². The number of carbonyl (C=O) groups is 1. The van der Waals surface area contributed by atoms with Gasteiger partial charge in [0.2, 0.25) is 5.95 Å². The van der Waals surface area contributed by atoms with Crippen LogP contribution in [-0.2, 0) is 6.54 Å². The van der Waals surface area contributed by atoms with Crippen LogP contribution >= 0.6 is 0 Å². The number of rotatable bonds is 6. The maximum absolute atomic E-state index is 12.4. The first-order valence-electron chi connectivity index (χ1n) is 10.2. The van der Waals surface area contributed by atoms with E-state index in [0.717, 1.165) is 27.8 Å². The molecule has 158 valence electrons. The smallest absolute Gasteiger partial charge is 0.255 e. The molecule has 4 rings (SSSR count). The fraction of sp³-hybridized carbons (Fsp3) is 0.120. The maximum atomic E-state index is 12.4. The van der Waals surface area contributed by atoms with Gasteiger partial charge >= 0.3 is 0 Å². The second-order valence-corrected chi connectivity index (χ2v) is 7.31. The molecule has 0 fully saturated rings. The zero-order chi connectivity index (χ0) is 22.5. The highest BCUT2D eigenvalue weighted by molar-refractivity contribution is 6.04. The largest absolute Gasteiger partial charge is 0.365 e. The van der Waals surface area contributed by atoms with Gasteiger partial charge in [-0.15, -0.1) is 0 Å². The van der Waals surface area contributed by atoms with Crippen molar-refractivity contribution in [3.05, 3.63) is 89.0 Å². The Morgan fingerprint density at radius 2 is 1.75 bits per heavy atom. The summed E-state index contributed by atoms with van der Waals surface area (Å²) in [5.41, 5.74) is 4.77. The van der Waals surface area contributed by atoms with Gasteiger partial charge < -0.3 is 16.0 Å². The van der Waals surface area contributed by atoms with Gasteiger partial charge in [0.15, 0.2) is 0 Å². The number of aryl methyl sites for hydroxylation is 1. The monoisotopic (exact) mass is 422 g/mol. The number of anilines is 3. The van der Waals surface area contributed by atoms with Crippen LogP contribution in [0.2, 0.25) is 0 Å². The highest BCUT2D eigenvalue weighted by atomic mass is 16.1. The van der Waals surface area contributed by atoms with E-state index in [-0.39, 0.29) is 5.91 Å². The maximum Gasteiger partial charge on any atom is 0.255 e. The number of carbonyl (C=O) groups excluding carboxylic acids is 1. The Balaban J connectivity index is 1.45. The lowest BCUT2D eigenvalue weighted by Crippen LogP contribution is -2.12. The van der Waals surface area contributed by atoms with E-state index < -0.39 is 0 Å². The third-order valence-corrected chi connectivity index (χ3v) is 5.10. The molecule has 1 amide bonds. The van der Waals surface area contributed by atoms with Crippen molar-refractivity contribution >= 4 is 34.3 Å². The molecule has 3 aromatic carbocycles. The summed E-state index contributed by atoms with van der Waals surface area (Å²) in [6.45, 7) is 2.61. The number of para-hydroxylation sites is 1. The van der Waals surface area contributed by atoms with Gasteiger partial charge in [-0.3, -0.25) is 4.79 Å². The Kier molecular flexibility index (Phi) is 5.95. The number of aromatic nitrogens is 2. The van der Waals surface area contributed by atoms with Crippen LogP contribution in [0.5, 0.6) is 0 Å². The molecule has 0 saturated heterocycles. The Morgan fingerprint density at radius 3 is 2.44 bits per heavy atom. The Morgan fingerprint density at radius 1 is 1.00 bits per heavy atom. The third-order valence-electron chi connectivity index (χ3n) is 5.10. The number of hydrogen-bond donors (Lipinski definition) is 3. The van der Waals surface area contributed by atoms with E-state index in [2.05, 4.69) is 25.9 Å². The minimum Gasteiger partial charge on any atom is -0.365 e. The van der Waals surface area contributed by atoms with E-state index in [9.17, 15) is 4.79 Å². The molecule has 0 bridgehead atoms. The SMILES string of the molecule is CNc1nc(NCc2ccc(NC(=O)c3ccc(C#N)cc3)cc2)c2cccc(C)c2n1. The molecule has 0 saturated carbocycles. The summed E-state index contributed by atoms with van der Waals surface area (Å²) in [4.78, 5) is 21.5. The molecular weight excluding hydrogens is 400 g/mol. The van der Waals surface area contributed by atoms with Gasteiger partial charge in [0.05, 0.1) is 17.1 Å². The van der Waals surface area contributed by atoms with Gasteiger partial charge in [0.1, 0.15) is 5.82 Å². The van der Waals surface area contributed by atoms with Gasteiger partial charge in [0.25, 0.3) is 5.91 Å².